The first-order chi connectivity index (χ1) is 14.1. The van der Waals surface area contributed by atoms with Gasteiger partial charge in [0, 0.05) is 30.8 Å². The van der Waals surface area contributed by atoms with Crippen molar-refractivity contribution in [1.82, 2.24) is 19.7 Å². The van der Waals surface area contributed by atoms with Crippen LogP contribution in [0.5, 0.6) is 0 Å². The molecule has 1 aliphatic rings. The van der Waals surface area contributed by atoms with Gasteiger partial charge in [-0.05, 0) is 23.8 Å². The minimum atomic E-state index is -4.63. The van der Waals surface area contributed by atoms with E-state index in [1.807, 2.05) is 6.92 Å². The maximum absolute atomic E-state index is 14.0. The third-order valence-corrected chi connectivity index (χ3v) is 5.84. The maximum atomic E-state index is 14.0. The van der Waals surface area contributed by atoms with Gasteiger partial charge in [0.2, 0.25) is 11.7 Å². The Hall–Kier alpha value is -2.24. The quantitative estimate of drug-likeness (QED) is 0.494. The van der Waals surface area contributed by atoms with Crippen molar-refractivity contribution in [2.24, 2.45) is 0 Å². The van der Waals surface area contributed by atoms with Crippen molar-refractivity contribution < 1.29 is 31.1 Å². The zero-order valence-corrected chi connectivity index (χ0v) is 16.7. The average Bonchev–Trinajstić information content (AvgIpc) is 3.09. The van der Waals surface area contributed by atoms with E-state index >= 15 is 0 Å². The maximum Gasteiger partial charge on any atom is 0.451 e. The molecule has 12 heteroatoms. The molecule has 0 bridgehead atoms. The minimum absolute atomic E-state index is 0.00945. The number of hydrogen-bond acceptors (Lipinski definition) is 4. The zero-order chi connectivity index (χ0) is 22.1. The van der Waals surface area contributed by atoms with E-state index in [1.54, 1.807) is 0 Å². The molecule has 0 radical (unpaired) electrons. The number of halogens is 6. The molecule has 0 spiro atoms. The van der Waals surface area contributed by atoms with Crippen molar-refractivity contribution in [1.29, 1.82) is 0 Å². The highest BCUT2D eigenvalue weighted by atomic mass is 32.2. The van der Waals surface area contributed by atoms with E-state index in [0.29, 0.717) is 11.8 Å². The Morgan fingerprint density at radius 1 is 1.13 bits per heavy atom. The molecule has 5 nitrogen and oxygen atoms in total. The number of carbonyl (C=O) groups excluding carboxylic acids is 1. The molecule has 1 atom stereocenters. The number of thioether (sulfide) groups is 1. The van der Waals surface area contributed by atoms with E-state index in [2.05, 4.69) is 10.2 Å². The van der Waals surface area contributed by atoms with Crippen molar-refractivity contribution in [2.45, 2.75) is 44.3 Å². The highest BCUT2D eigenvalue weighted by molar-refractivity contribution is 7.99. The number of carbonyl (C=O) groups is 1. The van der Waals surface area contributed by atoms with Gasteiger partial charge in [0.1, 0.15) is 5.82 Å². The summed E-state index contributed by atoms with van der Waals surface area (Å²) in [7, 11) is 0. The smallest absolute Gasteiger partial charge is 0.333 e. The molecule has 0 aliphatic carbocycles. The summed E-state index contributed by atoms with van der Waals surface area (Å²) in [6.45, 7) is 1.68. The number of benzene rings is 1. The van der Waals surface area contributed by atoms with Gasteiger partial charge in [-0.15, -0.1) is 10.2 Å². The first kappa shape index (κ1) is 22.4. The third kappa shape index (κ3) is 4.90. The number of aromatic nitrogens is 3. The van der Waals surface area contributed by atoms with Crippen LogP contribution in [0.1, 0.15) is 30.6 Å². The highest BCUT2D eigenvalue weighted by Gasteiger charge is 2.40. The normalized spacial score (nSPS) is 15.2. The van der Waals surface area contributed by atoms with Gasteiger partial charge in [-0.2, -0.15) is 24.9 Å². The molecule has 1 aromatic heterocycles. The second kappa shape index (κ2) is 8.86. The fourth-order valence-corrected chi connectivity index (χ4v) is 4.32. The lowest BCUT2D eigenvalue weighted by atomic mass is 10.1. The molecule has 0 fully saturated rings. The van der Waals surface area contributed by atoms with Crippen molar-refractivity contribution in [3.63, 3.8) is 0 Å². The van der Waals surface area contributed by atoms with Crippen LogP contribution >= 0.6 is 11.8 Å². The van der Waals surface area contributed by atoms with Crippen molar-refractivity contribution >= 4 is 17.7 Å². The number of amides is 1. The predicted molar refractivity (Wildman–Crippen MR) is 97.0 cm³/mol. The van der Waals surface area contributed by atoms with Gasteiger partial charge in [0.15, 0.2) is 17.5 Å². The molecule has 0 saturated carbocycles. The standard InChI is InChI=1S/C18H18F6N4OS/c1-2-30-11(5-10-6-13(20)14(21)8-12(10)19)7-16(29)27-3-4-28-15(9-27)25-26-17(28)18(22,23)24/h6,8,11H,2-5,7,9H2,1H3. The Bertz CT molecular complexity index is 932. The molecule has 3 rings (SSSR count). The van der Waals surface area contributed by atoms with Crippen LogP contribution in [0.2, 0.25) is 0 Å². The van der Waals surface area contributed by atoms with Gasteiger partial charge in [-0.1, -0.05) is 6.92 Å². The molecule has 1 aliphatic heterocycles. The number of hydrogen-bond donors (Lipinski definition) is 0. The van der Waals surface area contributed by atoms with E-state index in [4.69, 9.17) is 0 Å². The minimum Gasteiger partial charge on any atom is -0.333 e. The van der Waals surface area contributed by atoms with E-state index in [-0.39, 0.29) is 49.8 Å². The summed E-state index contributed by atoms with van der Waals surface area (Å²) in [6.07, 6.45) is -4.65. The summed E-state index contributed by atoms with van der Waals surface area (Å²) in [5.74, 6) is -4.16. The number of fused-ring (bicyclic) bond motifs is 1. The van der Waals surface area contributed by atoms with E-state index in [0.717, 1.165) is 10.6 Å². The molecule has 0 saturated heterocycles. The summed E-state index contributed by atoms with van der Waals surface area (Å²) in [6, 6.07) is 1.25. The van der Waals surface area contributed by atoms with E-state index in [9.17, 15) is 31.1 Å². The Morgan fingerprint density at radius 3 is 2.50 bits per heavy atom. The Balaban J connectivity index is 1.69. The van der Waals surface area contributed by atoms with Gasteiger partial charge < -0.3 is 9.47 Å². The van der Waals surface area contributed by atoms with Gasteiger partial charge >= 0.3 is 6.18 Å². The van der Waals surface area contributed by atoms with Crippen molar-refractivity contribution in [3.8, 4) is 0 Å². The highest BCUT2D eigenvalue weighted by Crippen LogP contribution is 2.30. The molecule has 1 amide bonds. The molecule has 30 heavy (non-hydrogen) atoms. The molecular weight excluding hydrogens is 434 g/mol. The van der Waals surface area contributed by atoms with Crippen molar-refractivity contribution in [3.05, 3.63) is 46.8 Å². The zero-order valence-electron chi connectivity index (χ0n) is 15.8. The van der Waals surface area contributed by atoms with Gasteiger partial charge in [0.25, 0.3) is 0 Å². The predicted octanol–water partition coefficient (Wildman–Crippen LogP) is 3.81. The number of alkyl halides is 3. The summed E-state index contributed by atoms with van der Waals surface area (Å²) >= 11 is 1.36. The summed E-state index contributed by atoms with van der Waals surface area (Å²) < 4.78 is 80.3. The molecule has 1 unspecified atom stereocenters. The second-order valence-corrected chi connectivity index (χ2v) is 8.33. The van der Waals surface area contributed by atoms with Crippen LogP contribution < -0.4 is 0 Å². The van der Waals surface area contributed by atoms with E-state index < -0.39 is 34.7 Å². The van der Waals surface area contributed by atoms with Crippen LogP contribution in [0, 0.1) is 17.5 Å². The van der Waals surface area contributed by atoms with Crippen LogP contribution in [-0.2, 0) is 30.5 Å². The Kier molecular flexibility index (Phi) is 6.63. The van der Waals surface area contributed by atoms with Crippen molar-refractivity contribution in [2.75, 3.05) is 12.3 Å². The fraction of sp³-hybridized carbons (Fsp3) is 0.500. The molecule has 164 valence electrons. The van der Waals surface area contributed by atoms with Crippen LogP contribution in [0.25, 0.3) is 0 Å². The SMILES string of the molecule is CCSC(CC(=O)N1CCn2c(nnc2C(F)(F)F)C1)Cc1cc(F)c(F)cc1F. The molecule has 2 heterocycles. The number of nitrogens with zero attached hydrogens (tertiary/aromatic N) is 4. The topological polar surface area (TPSA) is 51.0 Å². The first-order valence-corrected chi connectivity index (χ1v) is 10.2. The first-order valence-electron chi connectivity index (χ1n) is 9.12. The Morgan fingerprint density at radius 2 is 1.83 bits per heavy atom. The summed E-state index contributed by atoms with van der Waals surface area (Å²) in [5.41, 5.74) is -0.0409. The lowest BCUT2D eigenvalue weighted by Crippen LogP contribution is -2.40. The molecular formula is C18H18F6N4OS. The molecule has 2 aromatic rings. The van der Waals surface area contributed by atoms with Gasteiger partial charge in [-0.3, -0.25) is 4.79 Å². The average molecular weight is 452 g/mol. The van der Waals surface area contributed by atoms with Crippen LogP contribution in [0.3, 0.4) is 0 Å². The lowest BCUT2D eigenvalue weighted by Gasteiger charge is -2.29. The fourth-order valence-electron chi connectivity index (χ4n) is 3.30. The molecule has 0 N–H and O–H groups in total. The third-order valence-electron chi connectivity index (χ3n) is 4.70. The van der Waals surface area contributed by atoms with Crippen LogP contribution in [0.4, 0.5) is 26.3 Å². The van der Waals surface area contributed by atoms with Crippen LogP contribution in [0.15, 0.2) is 12.1 Å². The largest absolute Gasteiger partial charge is 0.451 e. The summed E-state index contributed by atoms with van der Waals surface area (Å²) in [5, 5.41) is 6.30. The second-order valence-electron chi connectivity index (χ2n) is 6.75. The molecule has 1 aromatic carbocycles. The summed E-state index contributed by atoms with van der Waals surface area (Å²) in [4.78, 5) is 14.1. The monoisotopic (exact) mass is 452 g/mol. The Labute approximate surface area is 172 Å². The van der Waals surface area contributed by atoms with E-state index in [1.165, 1.54) is 16.7 Å². The van der Waals surface area contributed by atoms with Gasteiger partial charge in [0.05, 0.1) is 6.54 Å². The number of rotatable bonds is 6. The van der Waals surface area contributed by atoms with Crippen LogP contribution in [-0.4, -0.2) is 43.1 Å². The lowest BCUT2D eigenvalue weighted by molar-refractivity contribution is -0.148. The van der Waals surface area contributed by atoms with Gasteiger partial charge in [-0.25, -0.2) is 13.2 Å².